The summed E-state index contributed by atoms with van der Waals surface area (Å²) in [5, 5.41) is 6.74. The first-order valence-corrected chi connectivity index (χ1v) is 9.32. The van der Waals surface area contributed by atoms with Crippen molar-refractivity contribution in [2.24, 2.45) is 10.4 Å². The van der Waals surface area contributed by atoms with Gasteiger partial charge in [-0.2, -0.15) is 0 Å². The third-order valence-electron chi connectivity index (χ3n) is 4.71. The van der Waals surface area contributed by atoms with E-state index in [1.807, 2.05) is 6.92 Å². The smallest absolute Gasteiger partial charge is 0.243 e. The lowest BCUT2D eigenvalue weighted by Crippen LogP contribution is -2.47. The van der Waals surface area contributed by atoms with Gasteiger partial charge in [0.25, 0.3) is 0 Å². The Kier molecular flexibility index (Phi) is 10.5. The van der Waals surface area contributed by atoms with E-state index in [-0.39, 0.29) is 12.5 Å². The predicted molar refractivity (Wildman–Crippen MR) is 101 cm³/mol. The van der Waals surface area contributed by atoms with Crippen LogP contribution in [0.5, 0.6) is 0 Å². The topological polar surface area (TPSA) is 75.2 Å². The number of hydrogen-bond acceptors (Lipinski definition) is 4. The number of nitrogens with zero attached hydrogens (tertiary/aromatic N) is 2. The van der Waals surface area contributed by atoms with E-state index < -0.39 is 0 Å². The number of nitrogens with one attached hydrogen (secondary N) is 2. The average molecular weight is 357 g/mol. The molecule has 0 aliphatic heterocycles. The van der Waals surface area contributed by atoms with Gasteiger partial charge in [-0.15, -0.1) is 0 Å². The molecule has 1 aliphatic carbocycles. The number of hydrogen-bond donors (Lipinski definition) is 2. The van der Waals surface area contributed by atoms with Crippen molar-refractivity contribution < 1.29 is 14.3 Å². The van der Waals surface area contributed by atoms with Gasteiger partial charge in [-0.05, 0) is 38.0 Å². The molecule has 1 aliphatic rings. The highest BCUT2D eigenvalue weighted by Crippen LogP contribution is 2.43. The lowest BCUT2D eigenvalue weighted by atomic mass is 9.67. The van der Waals surface area contributed by atoms with Crippen LogP contribution in [0.15, 0.2) is 4.99 Å². The number of carbonyl (C=O) groups is 1. The van der Waals surface area contributed by atoms with E-state index in [4.69, 9.17) is 9.47 Å². The first-order chi connectivity index (χ1) is 12.0. The van der Waals surface area contributed by atoms with Gasteiger partial charge in [0.15, 0.2) is 5.96 Å². The quantitative estimate of drug-likeness (QED) is 0.313. The molecule has 0 spiro atoms. The standard InChI is InChI=1S/C18H36N4O3/c1-5-25-12-7-11-19-17(20-14-16(23)22(2)3)21-15-18(8-6-9-18)10-13-24-4/h5-15H2,1-4H3,(H2,19,20,21). The third kappa shape index (κ3) is 8.54. The number of carbonyl (C=O) groups excluding carboxylic acids is 1. The average Bonchev–Trinajstić information content (AvgIpc) is 2.56. The summed E-state index contributed by atoms with van der Waals surface area (Å²) >= 11 is 0. The second kappa shape index (κ2) is 12.1. The maximum atomic E-state index is 11.8. The number of methoxy groups -OCH3 is 1. The van der Waals surface area contributed by atoms with Crippen LogP contribution < -0.4 is 10.6 Å². The second-order valence-corrected chi connectivity index (χ2v) is 6.88. The Bertz CT molecular complexity index is 409. The summed E-state index contributed by atoms with van der Waals surface area (Å²) in [5.41, 5.74) is 0.301. The fourth-order valence-corrected chi connectivity index (χ4v) is 2.77. The molecule has 2 N–H and O–H groups in total. The van der Waals surface area contributed by atoms with Gasteiger partial charge in [0.2, 0.25) is 5.91 Å². The highest BCUT2D eigenvalue weighted by molar-refractivity contribution is 5.84. The van der Waals surface area contributed by atoms with Crippen LogP contribution in [0.3, 0.4) is 0 Å². The molecule has 0 aromatic heterocycles. The number of ether oxygens (including phenoxy) is 2. The number of guanidine groups is 1. The van der Waals surface area contributed by atoms with Gasteiger partial charge >= 0.3 is 0 Å². The molecule has 0 heterocycles. The van der Waals surface area contributed by atoms with Gasteiger partial charge < -0.3 is 25.0 Å². The van der Waals surface area contributed by atoms with Crippen LogP contribution in [0.2, 0.25) is 0 Å². The minimum absolute atomic E-state index is 0.00634. The molecule has 0 radical (unpaired) electrons. The van der Waals surface area contributed by atoms with Crippen LogP contribution in [-0.4, -0.2) is 77.4 Å². The second-order valence-electron chi connectivity index (χ2n) is 6.88. The number of aliphatic imine (C=N–C) groups is 1. The van der Waals surface area contributed by atoms with E-state index in [1.165, 1.54) is 19.3 Å². The van der Waals surface area contributed by atoms with Crippen molar-refractivity contribution in [3.05, 3.63) is 0 Å². The highest BCUT2D eigenvalue weighted by atomic mass is 16.5. The van der Waals surface area contributed by atoms with Crippen LogP contribution in [0.4, 0.5) is 0 Å². The predicted octanol–water partition coefficient (Wildman–Crippen LogP) is 1.24. The van der Waals surface area contributed by atoms with Crippen molar-refractivity contribution in [1.82, 2.24) is 15.5 Å². The van der Waals surface area contributed by atoms with Crippen molar-refractivity contribution in [2.75, 3.05) is 60.7 Å². The Balaban J connectivity index is 2.50. The minimum Gasteiger partial charge on any atom is -0.385 e. The van der Waals surface area contributed by atoms with Gasteiger partial charge in [-0.1, -0.05) is 6.42 Å². The molecule has 0 unspecified atom stereocenters. The van der Waals surface area contributed by atoms with Gasteiger partial charge in [0.1, 0.15) is 6.54 Å². The van der Waals surface area contributed by atoms with E-state index >= 15 is 0 Å². The van der Waals surface area contributed by atoms with Gasteiger partial charge in [-0.25, -0.2) is 4.99 Å². The Morgan fingerprint density at radius 2 is 2.00 bits per heavy atom. The molecule has 0 aromatic rings. The summed E-state index contributed by atoms with van der Waals surface area (Å²) in [6, 6.07) is 0. The molecule has 1 amide bonds. The molecule has 7 nitrogen and oxygen atoms in total. The SMILES string of the molecule is CCOCCCNC(=NCC(=O)N(C)C)NCC1(CCOC)CCC1. The highest BCUT2D eigenvalue weighted by Gasteiger charge is 2.36. The maximum Gasteiger partial charge on any atom is 0.243 e. The Labute approximate surface area is 152 Å². The van der Waals surface area contributed by atoms with Crippen molar-refractivity contribution in [3.63, 3.8) is 0 Å². The molecule has 0 bridgehead atoms. The molecule has 146 valence electrons. The van der Waals surface area contributed by atoms with Crippen molar-refractivity contribution in [1.29, 1.82) is 0 Å². The van der Waals surface area contributed by atoms with Crippen LogP contribution in [0, 0.1) is 5.41 Å². The maximum absolute atomic E-state index is 11.8. The lowest BCUT2D eigenvalue weighted by Gasteiger charge is -2.42. The monoisotopic (exact) mass is 356 g/mol. The summed E-state index contributed by atoms with van der Waals surface area (Å²) in [6.45, 7) is 6.03. The van der Waals surface area contributed by atoms with E-state index in [1.54, 1.807) is 26.1 Å². The van der Waals surface area contributed by atoms with Gasteiger partial charge in [-0.3, -0.25) is 4.79 Å². The first-order valence-electron chi connectivity index (χ1n) is 9.32. The summed E-state index contributed by atoms with van der Waals surface area (Å²) in [6.07, 6.45) is 5.68. The van der Waals surface area contributed by atoms with Crippen LogP contribution in [0.25, 0.3) is 0 Å². The van der Waals surface area contributed by atoms with Gasteiger partial charge in [0.05, 0.1) is 0 Å². The number of likely N-dealkylation sites (N-methyl/N-ethyl adjacent to an activating group) is 1. The normalized spacial score (nSPS) is 16.2. The molecule has 7 heteroatoms. The van der Waals surface area contributed by atoms with Crippen LogP contribution >= 0.6 is 0 Å². The van der Waals surface area contributed by atoms with E-state index in [9.17, 15) is 4.79 Å². The van der Waals surface area contributed by atoms with Crippen LogP contribution in [-0.2, 0) is 14.3 Å². The summed E-state index contributed by atoms with van der Waals surface area (Å²) in [4.78, 5) is 17.8. The molecule has 1 rings (SSSR count). The molecule has 0 saturated heterocycles. The fraction of sp³-hybridized carbons (Fsp3) is 0.889. The van der Waals surface area contributed by atoms with E-state index in [0.29, 0.717) is 11.4 Å². The number of amides is 1. The first kappa shape index (κ1) is 21.7. The molecule has 1 saturated carbocycles. The zero-order valence-corrected chi connectivity index (χ0v) is 16.4. The summed E-state index contributed by atoms with van der Waals surface area (Å²) < 4.78 is 10.6. The van der Waals surface area contributed by atoms with Gasteiger partial charge in [0, 0.05) is 54.1 Å². The van der Waals surface area contributed by atoms with Crippen molar-refractivity contribution in [3.8, 4) is 0 Å². The Hall–Kier alpha value is -1.34. The molecule has 0 atom stereocenters. The molecular formula is C18H36N4O3. The number of rotatable bonds is 12. The summed E-state index contributed by atoms with van der Waals surface area (Å²) in [7, 11) is 5.24. The van der Waals surface area contributed by atoms with Crippen LogP contribution in [0.1, 0.15) is 39.0 Å². The van der Waals surface area contributed by atoms with E-state index in [2.05, 4.69) is 15.6 Å². The Morgan fingerprint density at radius 1 is 1.24 bits per heavy atom. The molecule has 0 aromatic carbocycles. The zero-order chi connectivity index (χ0) is 18.5. The molecular weight excluding hydrogens is 320 g/mol. The Morgan fingerprint density at radius 3 is 2.56 bits per heavy atom. The largest absolute Gasteiger partial charge is 0.385 e. The van der Waals surface area contributed by atoms with Crippen molar-refractivity contribution in [2.45, 2.75) is 39.0 Å². The fourth-order valence-electron chi connectivity index (χ4n) is 2.77. The lowest BCUT2D eigenvalue weighted by molar-refractivity contribution is -0.127. The third-order valence-corrected chi connectivity index (χ3v) is 4.71. The minimum atomic E-state index is -0.00634. The summed E-state index contributed by atoms with van der Waals surface area (Å²) in [5.74, 6) is 0.698. The van der Waals surface area contributed by atoms with E-state index in [0.717, 1.165) is 45.8 Å². The zero-order valence-electron chi connectivity index (χ0n) is 16.4. The molecule has 25 heavy (non-hydrogen) atoms. The van der Waals surface area contributed by atoms with Crippen molar-refractivity contribution >= 4 is 11.9 Å². The molecule has 1 fully saturated rings.